The smallest absolute Gasteiger partial charge is 0.274 e. The van der Waals surface area contributed by atoms with Crippen LogP contribution in [0.25, 0.3) is 5.65 Å². The van der Waals surface area contributed by atoms with Crippen molar-refractivity contribution in [3.8, 4) is 0 Å². The Bertz CT molecular complexity index is 584. The second kappa shape index (κ2) is 6.24. The lowest BCUT2D eigenvalue weighted by Crippen LogP contribution is -2.41. The number of rotatable bonds is 4. The van der Waals surface area contributed by atoms with Gasteiger partial charge in [0.05, 0.1) is 19.3 Å². The van der Waals surface area contributed by atoms with Gasteiger partial charge in [-0.15, -0.1) is 0 Å². The Morgan fingerprint density at radius 3 is 2.90 bits per heavy atom. The SMILES string of the molecule is O=C(c1cn2ccccc2n1)N1CCC(OCCO)CC1. The molecule has 0 unspecified atom stereocenters. The largest absolute Gasteiger partial charge is 0.394 e. The van der Waals surface area contributed by atoms with Gasteiger partial charge in [-0.25, -0.2) is 4.98 Å². The van der Waals surface area contributed by atoms with Gasteiger partial charge in [0.1, 0.15) is 11.3 Å². The van der Waals surface area contributed by atoms with Crippen molar-refractivity contribution in [3.63, 3.8) is 0 Å². The first kappa shape index (κ1) is 14.0. The van der Waals surface area contributed by atoms with Crippen LogP contribution in [-0.2, 0) is 4.74 Å². The first-order valence-corrected chi connectivity index (χ1v) is 7.23. The third-order valence-corrected chi connectivity index (χ3v) is 3.76. The predicted molar refractivity (Wildman–Crippen MR) is 77.2 cm³/mol. The number of hydrogen-bond donors (Lipinski definition) is 1. The van der Waals surface area contributed by atoms with Gasteiger partial charge in [0.25, 0.3) is 5.91 Å². The zero-order chi connectivity index (χ0) is 14.7. The number of carbonyl (C=O) groups excluding carboxylic acids is 1. The van der Waals surface area contributed by atoms with Gasteiger partial charge in [0.15, 0.2) is 0 Å². The zero-order valence-electron chi connectivity index (χ0n) is 11.8. The minimum Gasteiger partial charge on any atom is -0.394 e. The number of hydrogen-bond acceptors (Lipinski definition) is 4. The van der Waals surface area contributed by atoms with Crippen LogP contribution in [0, 0.1) is 0 Å². The van der Waals surface area contributed by atoms with E-state index in [1.165, 1.54) is 0 Å². The van der Waals surface area contributed by atoms with Crippen molar-refractivity contribution in [2.24, 2.45) is 0 Å². The number of aromatic nitrogens is 2. The summed E-state index contributed by atoms with van der Waals surface area (Å²) in [5.41, 5.74) is 1.26. The average Bonchev–Trinajstić information content (AvgIpc) is 2.96. The summed E-state index contributed by atoms with van der Waals surface area (Å²) in [6, 6.07) is 5.69. The first-order chi connectivity index (χ1) is 10.3. The van der Waals surface area contributed by atoms with Gasteiger partial charge >= 0.3 is 0 Å². The van der Waals surface area contributed by atoms with E-state index in [1.807, 2.05) is 33.7 Å². The van der Waals surface area contributed by atoms with Crippen LogP contribution < -0.4 is 0 Å². The number of pyridine rings is 1. The molecule has 0 aromatic carbocycles. The van der Waals surface area contributed by atoms with Gasteiger partial charge in [-0.2, -0.15) is 0 Å². The number of likely N-dealkylation sites (tertiary alicyclic amines) is 1. The van der Waals surface area contributed by atoms with Crippen LogP contribution in [0.1, 0.15) is 23.3 Å². The fourth-order valence-electron chi connectivity index (χ4n) is 2.64. The number of aliphatic hydroxyl groups is 1. The predicted octanol–water partition coefficient (Wildman–Crippen LogP) is 0.948. The van der Waals surface area contributed by atoms with E-state index in [0.717, 1.165) is 18.5 Å². The van der Waals surface area contributed by atoms with Crippen LogP contribution in [0.3, 0.4) is 0 Å². The van der Waals surface area contributed by atoms with Gasteiger partial charge in [0.2, 0.25) is 0 Å². The van der Waals surface area contributed by atoms with E-state index in [0.29, 0.717) is 25.4 Å². The Morgan fingerprint density at radius 1 is 1.38 bits per heavy atom. The van der Waals surface area contributed by atoms with Crippen LogP contribution in [-0.4, -0.2) is 57.7 Å². The van der Waals surface area contributed by atoms with E-state index < -0.39 is 0 Å². The molecule has 1 fully saturated rings. The molecular weight excluding hydrogens is 270 g/mol. The number of piperidine rings is 1. The molecule has 0 bridgehead atoms. The molecule has 112 valence electrons. The van der Waals surface area contributed by atoms with E-state index in [9.17, 15) is 4.79 Å². The molecule has 6 nitrogen and oxygen atoms in total. The highest BCUT2D eigenvalue weighted by molar-refractivity contribution is 5.93. The summed E-state index contributed by atoms with van der Waals surface area (Å²) < 4.78 is 7.36. The van der Waals surface area contributed by atoms with Crippen LogP contribution in [0.15, 0.2) is 30.6 Å². The fourth-order valence-corrected chi connectivity index (χ4v) is 2.64. The van der Waals surface area contributed by atoms with Crippen molar-refractivity contribution in [1.29, 1.82) is 0 Å². The molecule has 1 amide bonds. The van der Waals surface area contributed by atoms with Gasteiger partial charge in [0, 0.05) is 25.5 Å². The molecule has 21 heavy (non-hydrogen) atoms. The zero-order valence-corrected chi connectivity index (χ0v) is 11.8. The van der Waals surface area contributed by atoms with Crippen LogP contribution in [0.2, 0.25) is 0 Å². The second-order valence-corrected chi connectivity index (χ2v) is 5.18. The number of ether oxygens (including phenoxy) is 1. The van der Waals surface area contributed by atoms with E-state index in [2.05, 4.69) is 4.98 Å². The molecule has 3 rings (SSSR count). The molecule has 6 heteroatoms. The molecule has 1 aliphatic heterocycles. The van der Waals surface area contributed by atoms with E-state index in [4.69, 9.17) is 9.84 Å². The van der Waals surface area contributed by atoms with Gasteiger partial charge in [-0.1, -0.05) is 6.07 Å². The van der Waals surface area contributed by atoms with Crippen molar-refractivity contribution in [2.45, 2.75) is 18.9 Å². The van der Waals surface area contributed by atoms with Crippen molar-refractivity contribution in [3.05, 3.63) is 36.3 Å². The molecular formula is C15H19N3O3. The highest BCUT2D eigenvalue weighted by Gasteiger charge is 2.25. The molecule has 1 saturated heterocycles. The normalized spacial score (nSPS) is 16.5. The maximum absolute atomic E-state index is 12.5. The number of nitrogens with zero attached hydrogens (tertiary/aromatic N) is 3. The monoisotopic (exact) mass is 289 g/mol. The lowest BCUT2D eigenvalue weighted by Gasteiger charge is -2.31. The number of imidazole rings is 1. The Hall–Kier alpha value is -1.92. The number of fused-ring (bicyclic) bond motifs is 1. The summed E-state index contributed by atoms with van der Waals surface area (Å²) >= 11 is 0. The van der Waals surface area contributed by atoms with E-state index in [1.54, 1.807) is 6.20 Å². The quantitative estimate of drug-likeness (QED) is 0.910. The molecule has 2 aromatic rings. The fraction of sp³-hybridized carbons (Fsp3) is 0.467. The maximum Gasteiger partial charge on any atom is 0.274 e. The molecule has 2 aromatic heterocycles. The first-order valence-electron chi connectivity index (χ1n) is 7.23. The second-order valence-electron chi connectivity index (χ2n) is 5.18. The van der Waals surface area contributed by atoms with E-state index >= 15 is 0 Å². The average molecular weight is 289 g/mol. The van der Waals surface area contributed by atoms with Gasteiger partial charge < -0.3 is 19.1 Å². The maximum atomic E-state index is 12.5. The molecule has 3 heterocycles. The highest BCUT2D eigenvalue weighted by atomic mass is 16.5. The molecule has 0 aliphatic carbocycles. The Balaban J connectivity index is 1.63. The van der Waals surface area contributed by atoms with Crippen LogP contribution in [0.5, 0.6) is 0 Å². The lowest BCUT2D eigenvalue weighted by molar-refractivity contribution is -0.00563. The molecule has 1 aliphatic rings. The third-order valence-electron chi connectivity index (χ3n) is 3.76. The summed E-state index contributed by atoms with van der Waals surface area (Å²) in [5.74, 6) is -0.0284. The van der Waals surface area contributed by atoms with Crippen molar-refractivity contribution in [2.75, 3.05) is 26.3 Å². The van der Waals surface area contributed by atoms with Crippen molar-refractivity contribution < 1.29 is 14.6 Å². The summed E-state index contributed by atoms with van der Waals surface area (Å²) in [5, 5.41) is 8.75. The molecule has 0 radical (unpaired) electrons. The minimum absolute atomic E-state index is 0.0284. The molecule has 0 spiro atoms. The molecule has 1 N–H and O–H groups in total. The minimum atomic E-state index is -0.0284. The lowest BCUT2D eigenvalue weighted by atomic mass is 10.1. The van der Waals surface area contributed by atoms with Gasteiger partial charge in [-0.05, 0) is 25.0 Å². The van der Waals surface area contributed by atoms with Crippen LogP contribution in [0.4, 0.5) is 0 Å². The van der Waals surface area contributed by atoms with Crippen LogP contribution >= 0.6 is 0 Å². The van der Waals surface area contributed by atoms with Gasteiger partial charge in [-0.3, -0.25) is 4.79 Å². The summed E-state index contributed by atoms with van der Waals surface area (Å²) in [7, 11) is 0. The number of carbonyl (C=O) groups is 1. The topological polar surface area (TPSA) is 67.1 Å². The summed E-state index contributed by atoms with van der Waals surface area (Å²) in [6.07, 6.45) is 5.40. The standard InChI is InChI=1S/C15H19N3O3/c19-9-10-21-12-4-7-17(8-5-12)15(20)13-11-18-6-2-1-3-14(18)16-13/h1-3,6,11-12,19H,4-5,7-10H2. The summed E-state index contributed by atoms with van der Waals surface area (Å²) in [4.78, 5) is 18.6. The molecule has 0 atom stereocenters. The van der Waals surface area contributed by atoms with E-state index in [-0.39, 0.29) is 18.6 Å². The molecule has 0 saturated carbocycles. The number of aliphatic hydroxyl groups excluding tert-OH is 1. The Morgan fingerprint density at radius 2 is 2.19 bits per heavy atom. The Kier molecular flexibility index (Phi) is 4.17. The third kappa shape index (κ3) is 3.06. The number of amides is 1. The van der Waals surface area contributed by atoms with Crippen molar-refractivity contribution in [1.82, 2.24) is 14.3 Å². The highest BCUT2D eigenvalue weighted by Crippen LogP contribution is 2.16. The summed E-state index contributed by atoms with van der Waals surface area (Å²) in [6.45, 7) is 1.75. The Labute approximate surface area is 123 Å². The van der Waals surface area contributed by atoms with Crippen molar-refractivity contribution >= 4 is 11.6 Å².